The fourth-order valence-electron chi connectivity index (χ4n) is 12.9. The Balaban J connectivity index is 1.51. The molecule has 0 heterocycles. The molecule has 0 aromatic heterocycles. The monoisotopic (exact) mass is 707 g/mol. The van der Waals surface area contributed by atoms with Gasteiger partial charge in [-0.05, 0) is 93.3 Å². The van der Waals surface area contributed by atoms with Crippen molar-refractivity contribution in [2.24, 2.45) is 35.5 Å². The summed E-state index contributed by atoms with van der Waals surface area (Å²) in [5, 5.41) is 0. The zero-order valence-corrected chi connectivity index (χ0v) is 34.8. The van der Waals surface area contributed by atoms with Crippen molar-refractivity contribution < 1.29 is 0 Å². The molecule has 0 aromatic carbocycles. The SMILES string of the molecule is PC(CC1CCCCC1)(C1CCCCC1)P(C(P)(CC1CCCCC1)C1CCCCC1)C(P)(CC1CCCCC1)C1CCCCC1. The molecule has 0 saturated heterocycles. The van der Waals surface area contributed by atoms with Gasteiger partial charge in [-0.25, -0.2) is 0 Å². The molecule has 6 unspecified atom stereocenters. The Kier molecular flexibility index (Phi) is 14.6. The molecule has 0 N–H and O–H groups in total. The van der Waals surface area contributed by atoms with Crippen molar-refractivity contribution in [2.75, 3.05) is 0 Å². The standard InChI is InChI=1S/C42H78P4/c43-40(37-25-13-4-14-26-37,31-34-19-7-1-8-20-34)46(41(44,38-27-15-5-16-28-38)32-35-21-9-2-10-22-35)42(45,39-29-17-6-18-30-39)33-36-23-11-3-12-24-36/h34-39H,1-33,43-45H2. The van der Waals surface area contributed by atoms with Gasteiger partial charge in [-0.2, -0.15) is 0 Å². The molecule has 0 nitrogen and oxygen atoms in total. The minimum absolute atomic E-state index is 0.251. The molecule has 0 radical (unpaired) electrons. The molecule has 0 aromatic rings. The van der Waals surface area contributed by atoms with Gasteiger partial charge in [-0.1, -0.05) is 162 Å². The highest BCUT2D eigenvalue weighted by molar-refractivity contribution is 7.78. The Labute approximate surface area is 296 Å². The zero-order valence-electron chi connectivity index (χ0n) is 30.5. The lowest BCUT2D eigenvalue weighted by molar-refractivity contribution is 0.226. The van der Waals surface area contributed by atoms with Crippen molar-refractivity contribution in [1.82, 2.24) is 0 Å². The van der Waals surface area contributed by atoms with Crippen LogP contribution in [0.4, 0.5) is 0 Å². The fraction of sp³-hybridized carbons (Fsp3) is 1.00. The average Bonchev–Trinajstić information content (AvgIpc) is 3.11. The van der Waals surface area contributed by atoms with Crippen molar-refractivity contribution in [1.29, 1.82) is 0 Å². The largest absolute Gasteiger partial charge is 0.126 e. The predicted octanol–water partition coefficient (Wildman–Crippen LogP) is 14.8. The van der Waals surface area contributed by atoms with Gasteiger partial charge in [0.05, 0.1) is 0 Å². The van der Waals surface area contributed by atoms with Gasteiger partial charge in [0, 0.05) is 14.7 Å². The van der Waals surface area contributed by atoms with Crippen LogP contribution in [0, 0.1) is 35.5 Å². The van der Waals surface area contributed by atoms with Crippen LogP contribution in [0.3, 0.4) is 0 Å². The Hall–Kier alpha value is 1.72. The smallest absolute Gasteiger partial charge is 0.00962 e. The molecule has 6 atom stereocenters. The normalized spacial score (nSPS) is 31.1. The summed E-state index contributed by atoms with van der Waals surface area (Å²) < 4.78 is 0. The van der Waals surface area contributed by atoms with E-state index in [1.165, 1.54) is 154 Å². The summed E-state index contributed by atoms with van der Waals surface area (Å²) >= 11 is 0. The van der Waals surface area contributed by atoms with Crippen LogP contribution in [0.1, 0.15) is 212 Å². The molecule has 0 amide bonds. The van der Waals surface area contributed by atoms with Crippen molar-refractivity contribution >= 4 is 35.6 Å². The van der Waals surface area contributed by atoms with Crippen LogP contribution in [0.25, 0.3) is 0 Å². The van der Waals surface area contributed by atoms with Crippen LogP contribution in [0.15, 0.2) is 0 Å². The third kappa shape index (κ3) is 9.01. The maximum absolute atomic E-state index is 4.00. The first-order chi connectivity index (χ1) is 22.4. The second-order valence-electron chi connectivity index (χ2n) is 18.4. The lowest BCUT2D eigenvalue weighted by Gasteiger charge is -2.65. The van der Waals surface area contributed by atoms with E-state index < -0.39 is 0 Å². The Morgan fingerprint density at radius 3 is 0.717 bits per heavy atom. The summed E-state index contributed by atoms with van der Waals surface area (Å²) in [4.78, 5) is 1.37. The minimum Gasteiger partial charge on any atom is -0.126 e. The second-order valence-corrected chi connectivity index (χ2v) is 26.2. The zero-order chi connectivity index (χ0) is 31.9. The van der Waals surface area contributed by atoms with E-state index in [0.29, 0.717) is 14.7 Å². The van der Waals surface area contributed by atoms with Crippen molar-refractivity contribution in [3.05, 3.63) is 0 Å². The minimum atomic E-state index is -0.251. The highest BCUT2D eigenvalue weighted by Gasteiger charge is 2.61. The molecule has 0 aliphatic heterocycles. The van der Waals surface area contributed by atoms with Gasteiger partial charge < -0.3 is 0 Å². The molecule has 6 saturated carbocycles. The van der Waals surface area contributed by atoms with E-state index in [2.05, 4.69) is 27.7 Å². The van der Waals surface area contributed by atoms with Gasteiger partial charge in [0.1, 0.15) is 0 Å². The van der Waals surface area contributed by atoms with Crippen LogP contribution in [-0.4, -0.2) is 14.7 Å². The molecule has 6 fully saturated rings. The summed E-state index contributed by atoms with van der Waals surface area (Å²) in [5.74, 6) is 5.81. The average molecular weight is 707 g/mol. The third-order valence-electron chi connectivity index (χ3n) is 15.2. The van der Waals surface area contributed by atoms with Crippen molar-refractivity contribution in [3.63, 3.8) is 0 Å². The summed E-state index contributed by atoms with van der Waals surface area (Å²) in [5.41, 5.74) is 0. The van der Waals surface area contributed by atoms with Gasteiger partial charge in [0.2, 0.25) is 0 Å². The maximum Gasteiger partial charge on any atom is 0.00962 e. The number of hydrogen-bond acceptors (Lipinski definition) is 0. The molecule has 6 aliphatic rings. The fourth-order valence-corrected chi connectivity index (χ4v) is 26.0. The van der Waals surface area contributed by atoms with Gasteiger partial charge in [0.15, 0.2) is 0 Å². The third-order valence-corrected chi connectivity index (χ3v) is 23.8. The van der Waals surface area contributed by atoms with E-state index in [9.17, 15) is 0 Å². The van der Waals surface area contributed by atoms with Gasteiger partial charge in [-0.3, -0.25) is 0 Å². The van der Waals surface area contributed by atoms with E-state index in [1.54, 1.807) is 57.8 Å². The van der Waals surface area contributed by atoms with E-state index >= 15 is 0 Å². The molecule has 266 valence electrons. The van der Waals surface area contributed by atoms with Crippen LogP contribution in [0.2, 0.25) is 0 Å². The number of hydrogen-bond donors (Lipinski definition) is 0. The van der Waals surface area contributed by atoms with Crippen LogP contribution in [-0.2, 0) is 0 Å². The molecule has 0 bridgehead atoms. The Bertz CT molecular complexity index is 758. The first kappa shape index (κ1) is 37.5. The summed E-state index contributed by atoms with van der Waals surface area (Å²) in [7, 11) is 11.7. The molecular formula is C42H78P4. The lowest BCUT2D eigenvalue weighted by atomic mass is 9.78. The Morgan fingerprint density at radius 2 is 0.500 bits per heavy atom. The van der Waals surface area contributed by atoms with Crippen LogP contribution in [0.5, 0.6) is 0 Å². The van der Waals surface area contributed by atoms with Gasteiger partial charge >= 0.3 is 0 Å². The molecule has 6 aliphatic carbocycles. The summed E-state index contributed by atoms with van der Waals surface area (Å²) in [6.07, 6.45) is 50.4. The summed E-state index contributed by atoms with van der Waals surface area (Å²) in [6, 6.07) is 0. The molecule has 46 heavy (non-hydrogen) atoms. The first-order valence-corrected chi connectivity index (χ1v) is 24.7. The topological polar surface area (TPSA) is 0 Å². The molecule has 6 rings (SSSR count). The van der Waals surface area contributed by atoms with E-state index in [-0.39, 0.29) is 7.92 Å². The maximum atomic E-state index is 4.00. The lowest BCUT2D eigenvalue weighted by Crippen LogP contribution is -2.51. The van der Waals surface area contributed by atoms with Crippen LogP contribution < -0.4 is 0 Å². The van der Waals surface area contributed by atoms with Crippen molar-refractivity contribution in [2.45, 2.75) is 227 Å². The summed E-state index contributed by atoms with van der Waals surface area (Å²) in [6.45, 7) is 0. The van der Waals surface area contributed by atoms with Crippen molar-refractivity contribution in [3.8, 4) is 0 Å². The highest BCUT2D eigenvalue weighted by Crippen LogP contribution is 2.84. The molecule has 0 spiro atoms. The predicted molar refractivity (Wildman–Crippen MR) is 218 cm³/mol. The second kappa shape index (κ2) is 18.0. The highest BCUT2D eigenvalue weighted by atomic mass is 31.2. The Morgan fingerprint density at radius 1 is 0.304 bits per heavy atom. The quantitative estimate of drug-likeness (QED) is 0.177. The molecular weight excluding hydrogens is 628 g/mol. The first-order valence-electron chi connectivity index (χ1n) is 21.6. The van der Waals surface area contributed by atoms with E-state index in [1.807, 2.05) is 0 Å². The number of rotatable bonds is 12. The van der Waals surface area contributed by atoms with Gasteiger partial charge in [0.25, 0.3) is 0 Å². The molecule has 4 heteroatoms. The van der Waals surface area contributed by atoms with E-state index in [4.69, 9.17) is 0 Å². The van der Waals surface area contributed by atoms with E-state index in [0.717, 1.165) is 35.5 Å². The van der Waals surface area contributed by atoms with Gasteiger partial charge in [-0.15, -0.1) is 27.7 Å². The van der Waals surface area contributed by atoms with Crippen LogP contribution >= 0.6 is 35.6 Å².